The third kappa shape index (κ3) is 6.47. The van der Waals surface area contributed by atoms with Crippen LogP contribution in [-0.2, 0) is 4.79 Å². The Morgan fingerprint density at radius 3 is 2.65 bits per heavy atom. The van der Waals surface area contributed by atoms with Crippen LogP contribution in [0.25, 0.3) is 0 Å². The van der Waals surface area contributed by atoms with Crippen LogP contribution in [0.1, 0.15) is 6.92 Å². The first kappa shape index (κ1) is 16.4. The van der Waals surface area contributed by atoms with Crippen molar-refractivity contribution in [2.24, 2.45) is 0 Å². The number of benzene rings is 1. The molecule has 1 amide bonds. The van der Waals surface area contributed by atoms with Crippen LogP contribution in [0.2, 0.25) is 0 Å². The van der Waals surface area contributed by atoms with Gasteiger partial charge < -0.3 is 5.32 Å². The SMILES string of the molecule is C/C=C/C=C/C(=O)Nc1ccccc1SCC(F)(F)F. The number of alkyl halides is 3. The molecule has 1 aromatic carbocycles. The summed E-state index contributed by atoms with van der Waals surface area (Å²) in [5, 5.41) is 2.56. The monoisotopic (exact) mass is 301 g/mol. The number of hydrogen-bond acceptors (Lipinski definition) is 2. The first-order chi connectivity index (χ1) is 9.42. The van der Waals surface area contributed by atoms with Crippen LogP contribution in [0, 0.1) is 0 Å². The van der Waals surface area contributed by atoms with Gasteiger partial charge in [0.25, 0.3) is 0 Å². The highest BCUT2D eigenvalue weighted by Crippen LogP contribution is 2.31. The number of rotatable bonds is 5. The molecule has 6 heteroatoms. The number of allylic oxidation sites excluding steroid dienone is 3. The van der Waals surface area contributed by atoms with Gasteiger partial charge in [-0.05, 0) is 19.1 Å². The zero-order valence-electron chi connectivity index (χ0n) is 10.8. The van der Waals surface area contributed by atoms with E-state index in [1.807, 2.05) is 6.92 Å². The zero-order valence-corrected chi connectivity index (χ0v) is 11.6. The summed E-state index contributed by atoms with van der Waals surface area (Å²) < 4.78 is 36.6. The summed E-state index contributed by atoms with van der Waals surface area (Å²) in [6.07, 6.45) is 2.07. The van der Waals surface area contributed by atoms with Crippen molar-refractivity contribution in [1.29, 1.82) is 0 Å². The molecule has 0 unspecified atom stereocenters. The highest BCUT2D eigenvalue weighted by Gasteiger charge is 2.27. The molecule has 1 aromatic rings. The van der Waals surface area contributed by atoms with Crippen molar-refractivity contribution < 1.29 is 18.0 Å². The Kier molecular flexibility index (Phi) is 6.38. The number of thioether (sulfide) groups is 1. The number of amides is 1. The fourth-order valence-corrected chi connectivity index (χ4v) is 2.05. The first-order valence-electron chi connectivity index (χ1n) is 5.81. The van der Waals surface area contributed by atoms with Gasteiger partial charge in [-0.15, -0.1) is 11.8 Å². The van der Waals surface area contributed by atoms with E-state index in [0.717, 1.165) is 0 Å². The summed E-state index contributed by atoms with van der Waals surface area (Å²) in [5.41, 5.74) is 0.372. The van der Waals surface area contributed by atoms with Crippen molar-refractivity contribution >= 4 is 23.4 Å². The summed E-state index contributed by atoms with van der Waals surface area (Å²) in [4.78, 5) is 12.0. The van der Waals surface area contributed by atoms with E-state index < -0.39 is 11.9 Å². The van der Waals surface area contributed by atoms with Crippen molar-refractivity contribution in [3.63, 3.8) is 0 Å². The lowest BCUT2D eigenvalue weighted by Gasteiger charge is -2.10. The molecule has 0 radical (unpaired) electrons. The molecule has 1 N–H and O–H groups in total. The molecule has 0 spiro atoms. The van der Waals surface area contributed by atoms with E-state index in [4.69, 9.17) is 0 Å². The Labute approximate surface area is 119 Å². The molecule has 0 saturated heterocycles. The quantitative estimate of drug-likeness (QED) is 0.496. The summed E-state index contributed by atoms with van der Waals surface area (Å²) in [6, 6.07) is 6.40. The van der Waals surface area contributed by atoms with Gasteiger partial charge >= 0.3 is 6.18 Å². The van der Waals surface area contributed by atoms with Crippen molar-refractivity contribution in [2.45, 2.75) is 18.0 Å². The third-order valence-corrected chi connectivity index (χ3v) is 3.23. The lowest BCUT2D eigenvalue weighted by Crippen LogP contribution is -2.12. The molecule has 1 rings (SSSR count). The number of anilines is 1. The van der Waals surface area contributed by atoms with Gasteiger partial charge in [0.05, 0.1) is 11.4 Å². The van der Waals surface area contributed by atoms with E-state index in [1.54, 1.807) is 42.5 Å². The number of carbonyl (C=O) groups excluding carboxylic acids is 1. The van der Waals surface area contributed by atoms with Crippen LogP contribution < -0.4 is 5.32 Å². The Hall–Kier alpha value is -1.69. The van der Waals surface area contributed by atoms with Gasteiger partial charge in [0, 0.05) is 11.0 Å². The molecule has 0 aliphatic carbocycles. The van der Waals surface area contributed by atoms with Gasteiger partial charge in [0.15, 0.2) is 0 Å². The Balaban J connectivity index is 2.72. The number of nitrogens with one attached hydrogen (secondary N) is 1. The molecule has 0 aliphatic rings. The van der Waals surface area contributed by atoms with E-state index in [2.05, 4.69) is 5.32 Å². The normalized spacial score (nSPS) is 12.2. The number of halogens is 3. The van der Waals surface area contributed by atoms with Gasteiger partial charge in [-0.25, -0.2) is 0 Å². The molecule has 0 aliphatic heterocycles. The second-order valence-electron chi connectivity index (χ2n) is 3.77. The second kappa shape index (κ2) is 7.79. The highest BCUT2D eigenvalue weighted by atomic mass is 32.2. The predicted octanol–water partition coefficient (Wildman–Crippen LogP) is 4.41. The van der Waals surface area contributed by atoms with Crippen molar-refractivity contribution in [3.8, 4) is 0 Å². The molecule has 0 bridgehead atoms. The van der Waals surface area contributed by atoms with E-state index in [1.165, 1.54) is 6.08 Å². The predicted molar refractivity (Wildman–Crippen MR) is 75.8 cm³/mol. The molecular weight excluding hydrogens is 287 g/mol. The number of carbonyl (C=O) groups is 1. The molecule has 0 atom stereocenters. The summed E-state index contributed by atoms with van der Waals surface area (Å²) >= 11 is 0.647. The van der Waals surface area contributed by atoms with Crippen molar-refractivity contribution in [3.05, 3.63) is 48.6 Å². The fraction of sp³-hybridized carbons (Fsp3) is 0.214. The molecule has 0 aromatic heterocycles. The van der Waals surface area contributed by atoms with E-state index in [9.17, 15) is 18.0 Å². The molecule has 0 heterocycles. The van der Waals surface area contributed by atoms with Crippen LogP contribution in [0.4, 0.5) is 18.9 Å². The molecule has 0 saturated carbocycles. The standard InChI is InChI=1S/C14H14F3NOS/c1-2-3-4-9-13(19)18-11-7-5-6-8-12(11)20-10-14(15,16)17/h2-9H,10H2,1H3,(H,18,19)/b3-2+,9-4+. The second-order valence-corrected chi connectivity index (χ2v) is 4.79. The van der Waals surface area contributed by atoms with Crippen LogP contribution in [0.15, 0.2) is 53.5 Å². The molecule has 108 valence electrons. The third-order valence-electron chi connectivity index (χ3n) is 2.09. The van der Waals surface area contributed by atoms with Crippen LogP contribution >= 0.6 is 11.8 Å². The summed E-state index contributed by atoms with van der Waals surface area (Å²) in [6.45, 7) is 1.81. The molecule has 0 fully saturated rings. The highest BCUT2D eigenvalue weighted by molar-refractivity contribution is 7.99. The van der Waals surface area contributed by atoms with Crippen molar-refractivity contribution in [2.75, 3.05) is 11.1 Å². The molecule has 2 nitrogen and oxygen atoms in total. The Bertz CT molecular complexity index is 509. The van der Waals surface area contributed by atoms with Crippen LogP contribution in [0.5, 0.6) is 0 Å². The summed E-state index contributed by atoms with van der Waals surface area (Å²) in [7, 11) is 0. The van der Waals surface area contributed by atoms with Gasteiger partial charge in [-0.2, -0.15) is 13.2 Å². The maximum atomic E-state index is 12.2. The zero-order chi connectivity index (χ0) is 15.0. The maximum absolute atomic E-state index is 12.2. The van der Waals surface area contributed by atoms with Crippen molar-refractivity contribution in [1.82, 2.24) is 0 Å². The average molecular weight is 301 g/mol. The van der Waals surface area contributed by atoms with Gasteiger partial charge in [0.1, 0.15) is 0 Å². The maximum Gasteiger partial charge on any atom is 0.398 e. The number of hydrogen-bond donors (Lipinski definition) is 1. The first-order valence-corrected chi connectivity index (χ1v) is 6.80. The lowest BCUT2D eigenvalue weighted by molar-refractivity contribution is -0.112. The topological polar surface area (TPSA) is 29.1 Å². The smallest absolute Gasteiger partial charge is 0.321 e. The Morgan fingerprint density at radius 1 is 1.30 bits per heavy atom. The minimum absolute atomic E-state index is 0.372. The molecular formula is C14H14F3NOS. The van der Waals surface area contributed by atoms with Crippen LogP contribution in [-0.4, -0.2) is 17.8 Å². The van der Waals surface area contributed by atoms with Gasteiger partial charge in [-0.3, -0.25) is 4.79 Å². The van der Waals surface area contributed by atoms with Gasteiger partial charge in [-0.1, -0.05) is 30.4 Å². The summed E-state index contributed by atoms with van der Waals surface area (Å²) in [5.74, 6) is -1.38. The van der Waals surface area contributed by atoms with Gasteiger partial charge in [0.2, 0.25) is 5.91 Å². The Morgan fingerprint density at radius 2 is 2.00 bits per heavy atom. The number of para-hydroxylation sites is 1. The average Bonchev–Trinajstić information content (AvgIpc) is 2.37. The molecule has 20 heavy (non-hydrogen) atoms. The largest absolute Gasteiger partial charge is 0.398 e. The fourth-order valence-electron chi connectivity index (χ4n) is 1.28. The van der Waals surface area contributed by atoms with E-state index >= 15 is 0 Å². The van der Waals surface area contributed by atoms with E-state index in [0.29, 0.717) is 22.3 Å². The minimum atomic E-state index is -4.24. The van der Waals surface area contributed by atoms with E-state index in [-0.39, 0.29) is 5.91 Å². The minimum Gasteiger partial charge on any atom is -0.321 e. The lowest BCUT2D eigenvalue weighted by atomic mass is 10.3. The van der Waals surface area contributed by atoms with Crippen LogP contribution in [0.3, 0.4) is 0 Å².